The summed E-state index contributed by atoms with van der Waals surface area (Å²) >= 11 is 0. The first-order chi connectivity index (χ1) is 12.3. The summed E-state index contributed by atoms with van der Waals surface area (Å²) in [5.74, 6) is 1.60. The van der Waals surface area contributed by atoms with E-state index in [1.54, 1.807) is 14.2 Å². The van der Waals surface area contributed by atoms with Gasteiger partial charge in [0.25, 0.3) is 0 Å². The molecule has 1 aliphatic heterocycles. The molecule has 0 aromatic heterocycles. The molecule has 1 aromatic carbocycles. The topological polar surface area (TPSA) is 69.2 Å². The highest BCUT2D eigenvalue weighted by Crippen LogP contribution is 2.22. The lowest BCUT2D eigenvalue weighted by Gasteiger charge is -2.37. The lowest BCUT2D eigenvalue weighted by molar-refractivity contribution is -0.121. The van der Waals surface area contributed by atoms with Crippen molar-refractivity contribution in [2.45, 2.75) is 26.3 Å². The van der Waals surface area contributed by atoms with E-state index >= 15 is 0 Å². The molecule has 1 aliphatic rings. The molecule has 0 aliphatic carbocycles. The van der Waals surface area contributed by atoms with Crippen LogP contribution in [0, 0.1) is 0 Å². The summed E-state index contributed by atoms with van der Waals surface area (Å²) in [5.41, 5.74) is 0.932. The number of rotatable bonds is 4. The molecular weight excluding hydrogens is 330 g/mol. The predicted molar refractivity (Wildman–Crippen MR) is 106 cm³/mol. The van der Waals surface area contributed by atoms with Crippen molar-refractivity contribution in [3.63, 3.8) is 0 Å². The number of ether oxygens (including phenoxy) is 1. The van der Waals surface area contributed by atoms with Gasteiger partial charge in [0, 0.05) is 50.5 Å². The minimum absolute atomic E-state index is 0.0336. The van der Waals surface area contributed by atoms with Crippen molar-refractivity contribution in [3.05, 3.63) is 24.3 Å². The van der Waals surface area contributed by atoms with Crippen molar-refractivity contribution >= 4 is 17.6 Å². The summed E-state index contributed by atoms with van der Waals surface area (Å²) in [4.78, 5) is 20.8. The number of aliphatic imine (C=N–C) groups is 1. The Morgan fingerprint density at radius 1 is 1.23 bits per heavy atom. The third kappa shape index (κ3) is 5.82. The molecule has 1 aromatic rings. The molecule has 26 heavy (non-hydrogen) atoms. The summed E-state index contributed by atoms with van der Waals surface area (Å²) in [7, 11) is 3.43. The number of hydrogen-bond donors (Lipinski definition) is 2. The molecule has 0 unspecified atom stereocenters. The molecule has 1 saturated heterocycles. The second kappa shape index (κ2) is 8.78. The number of nitrogens with zero attached hydrogens (tertiary/aromatic N) is 3. The van der Waals surface area contributed by atoms with Crippen LogP contribution in [0.1, 0.15) is 20.8 Å². The molecule has 0 saturated carbocycles. The maximum atomic E-state index is 12.0. The van der Waals surface area contributed by atoms with Gasteiger partial charge in [0.2, 0.25) is 5.91 Å². The molecular formula is C19H31N5O2. The number of methoxy groups -OCH3 is 1. The van der Waals surface area contributed by atoms with Crippen LogP contribution in [-0.2, 0) is 4.79 Å². The van der Waals surface area contributed by atoms with Crippen molar-refractivity contribution in [1.82, 2.24) is 15.5 Å². The number of hydrogen-bond acceptors (Lipinski definition) is 4. The van der Waals surface area contributed by atoms with Gasteiger partial charge in [-0.05, 0) is 32.9 Å². The van der Waals surface area contributed by atoms with Gasteiger partial charge >= 0.3 is 0 Å². The van der Waals surface area contributed by atoms with E-state index < -0.39 is 0 Å². The van der Waals surface area contributed by atoms with Gasteiger partial charge in [-0.15, -0.1) is 0 Å². The molecule has 0 atom stereocenters. The van der Waals surface area contributed by atoms with Crippen molar-refractivity contribution in [1.29, 1.82) is 0 Å². The van der Waals surface area contributed by atoms with Crippen LogP contribution in [0.5, 0.6) is 5.75 Å². The minimum atomic E-state index is -0.231. The molecule has 1 fully saturated rings. The maximum absolute atomic E-state index is 12.0. The Kier molecular flexibility index (Phi) is 6.71. The van der Waals surface area contributed by atoms with Gasteiger partial charge in [0.15, 0.2) is 5.96 Å². The number of benzene rings is 1. The van der Waals surface area contributed by atoms with Gasteiger partial charge in [-0.3, -0.25) is 9.79 Å². The van der Waals surface area contributed by atoms with Crippen LogP contribution in [0.2, 0.25) is 0 Å². The smallest absolute Gasteiger partial charge is 0.239 e. The van der Waals surface area contributed by atoms with Crippen molar-refractivity contribution in [3.8, 4) is 5.75 Å². The summed E-state index contributed by atoms with van der Waals surface area (Å²) < 4.78 is 5.31. The van der Waals surface area contributed by atoms with Crippen LogP contribution in [0.15, 0.2) is 29.3 Å². The van der Waals surface area contributed by atoms with Gasteiger partial charge in [-0.25, -0.2) is 0 Å². The molecule has 1 amide bonds. The lowest BCUT2D eigenvalue weighted by atomic mass is 10.1. The van der Waals surface area contributed by atoms with Gasteiger partial charge in [-0.1, -0.05) is 6.07 Å². The zero-order valence-corrected chi connectivity index (χ0v) is 16.5. The molecule has 7 heteroatoms. The Balaban J connectivity index is 1.86. The zero-order valence-electron chi connectivity index (χ0n) is 16.5. The Hall–Kier alpha value is -2.44. The Morgan fingerprint density at radius 2 is 1.92 bits per heavy atom. The van der Waals surface area contributed by atoms with E-state index in [4.69, 9.17) is 4.74 Å². The Morgan fingerprint density at radius 3 is 2.50 bits per heavy atom. The molecule has 0 spiro atoms. The van der Waals surface area contributed by atoms with Gasteiger partial charge in [0.05, 0.1) is 13.7 Å². The van der Waals surface area contributed by atoms with Crippen LogP contribution in [-0.4, -0.2) is 69.2 Å². The standard InChI is InChI=1S/C19H31N5O2/c1-19(2,3)22-17(25)14-21-18(20-4)24-11-9-23(10-12-24)15-7-6-8-16(13-15)26-5/h6-8,13H,9-12,14H2,1-5H3,(H,20,21)(H,22,25). The number of carbonyl (C=O) groups is 1. The van der Waals surface area contributed by atoms with Crippen LogP contribution in [0.4, 0.5) is 5.69 Å². The summed E-state index contributed by atoms with van der Waals surface area (Å²) in [6.45, 7) is 9.60. The average molecular weight is 361 g/mol. The van der Waals surface area contributed by atoms with E-state index in [0.29, 0.717) is 0 Å². The largest absolute Gasteiger partial charge is 0.497 e. The Labute approximate surface area is 156 Å². The van der Waals surface area contributed by atoms with E-state index in [-0.39, 0.29) is 18.0 Å². The fraction of sp³-hybridized carbons (Fsp3) is 0.579. The number of carbonyl (C=O) groups excluding carboxylic acids is 1. The molecule has 144 valence electrons. The quantitative estimate of drug-likeness (QED) is 0.625. The first-order valence-electron chi connectivity index (χ1n) is 8.98. The van der Waals surface area contributed by atoms with Crippen molar-refractivity contribution in [2.75, 3.05) is 51.8 Å². The molecule has 1 heterocycles. The zero-order chi connectivity index (χ0) is 19.2. The van der Waals surface area contributed by atoms with Crippen LogP contribution < -0.4 is 20.3 Å². The first-order valence-corrected chi connectivity index (χ1v) is 8.98. The van der Waals surface area contributed by atoms with Crippen LogP contribution in [0.3, 0.4) is 0 Å². The van der Waals surface area contributed by atoms with E-state index in [2.05, 4.69) is 37.6 Å². The number of anilines is 1. The second-order valence-electron chi connectivity index (χ2n) is 7.37. The highest BCUT2D eigenvalue weighted by molar-refractivity contribution is 5.86. The molecule has 0 radical (unpaired) electrons. The van der Waals surface area contributed by atoms with Crippen molar-refractivity contribution < 1.29 is 9.53 Å². The predicted octanol–water partition coefficient (Wildman–Crippen LogP) is 1.31. The highest BCUT2D eigenvalue weighted by Gasteiger charge is 2.21. The summed E-state index contributed by atoms with van der Waals surface area (Å²) in [6, 6.07) is 8.12. The fourth-order valence-corrected chi connectivity index (χ4v) is 2.94. The lowest BCUT2D eigenvalue weighted by Crippen LogP contribution is -2.54. The van der Waals surface area contributed by atoms with Crippen LogP contribution in [0.25, 0.3) is 0 Å². The van der Waals surface area contributed by atoms with Gasteiger partial charge in [-0.2, -0.15) is 0 Å². The van der Waals surface area contributed by atoms with E-state index in [1.165, 1.54) is 0 Å². The normalized spacial score (nSPS) is 15.7. The SMILES string of the molecule is CN=C(NCC(=O)NC(C)(C)C)N1CCN(c2cccc(OC)c2)CC1. The van der Waals surface area contributed by atoms with E-state index in [0.717, 1.165) is 43.6 Å². The Bertz CT molecular complexity index is 631. The monoisotopic (exact) mass is 361 g/mol. The summed E-state index contributed by atoms with van der Waals surface area (Å²) in [5, 5.41) is 6.11. The second-order valence-corrected chi connectivity index (χ2v) is 7.37. The van der Waals surface area contributed by atoms with Gasteiger partial charge in [0.1, 0.15) is 5.75 Å². The number of guanidine groups is 1. The molecule has 2 rings (SSSR count). The fourth-order valence-electron chi connectivity index (χ4n) is 2.94. The van der Waals surface area contributed by atoms with Crippen molar-refractivity contribution in [2.24, 2.45) is 4.99 Å². The first kappa shape index (κ1) is 19.9. The highest BCUT2D eigenvalue weighted by atomic mass is 16.5. The van der Waals surface area contributed by atoms with E-state index in [9.17, 15) is 4.79 Å². The summed E-state index contributed by atoms with van der Waals surface area (Å²) in [6.07, 6.45) is 0. The molecule has 0 bridgehead atoms. The maximum Gasteiger partial charge on any atom is 0.239 e. The number of nitrogens with one attached hydrogen (secondary N) is 2. The third-order valence-corrected chi connectivity index (χ3v) is 4.13. The average Bonchev–Trinajstić information content (AvgIpc) is 2.61. The van der Waals surface area contributed by atoms with E-state index in [1.807, 2.05) is 32.9 Å². The van der Waals surface area contributed by atoms with Crippen LogP contribution >= 0.6 is 0 Å². The number of piperazine rings is 1. The minimum Gasteiger partial charge on any atom is -0.497 e. The third-order valence-electron chi connectivity index (χ3n) is 4.13. The number of amides is 1. The van der Waals surface area contributed by atoms with Gasteiger partial charge < -0.3 is 25.2 Å². The molecule has 7 nitrogen and oxygen atoms in total. The molecule has 2 N–H and O–H groups in total.